The number of hydrogen-bond donors (Lipinski definition) is 1. The van der Waals surface area contributed by atoms with Crippen LogP contribution in [0.15, 0.2) is 36.4 Å². The van der Waals surface area contributed by atoms with E-state index in [0.717, 1.165) is 44.7 Å². The van der Waals surface area contributed by atoms with Crippen molar-refractivity contribution in [1.82, 2.24) is 0 Å². The molecule has 0 aliphatic heterocycles. The van der Waals surface area contributed by atoms with Crippen LogP contribution in [0.3, 0.4) is 0 Å². The fourth-order valence-corrected chi connectivity index (χ4v) is 3.31. The highest BCUT2D eigenvalue weighted by atomic mass is 127. The normalized spacial score (nSPS) is 10.5. The molecule has 2 aromatic rings. The van der Waals surface area contributed by atoms with E-state index in [4.69, 9.17) is 9.47 Å². The van der Waals surface area contributed by atoms with Gasteiger partial charge in [0.05, 0.1) is 13.2 Å². The molecule has 146 valence electrons. The highest BCUT2D eigenvalue weighted by Crippen LogP contribution is 2.29. The average Bonchev–Trinajstić information content (AvgIpc) is 2.64. The minimum atomic E-state index is 0.0144. The highest BCUT2D eigenvalue weighted by molar-refractivity contribution is 14.1. The molecule has 1 amide bonds. The van der Waals surface area contributed by atoms with Crippen LogP contribution >= 0.6 is 22.6 Å². The van der Waals surface area contributed by atoms with Crippen molar-refractivity contribution in [2.75, 3.05) is 18.5 Å². The average molecular weight is 481 g/mol. The number of halogens is 1. The maximum atomic E-state index is 12.3. The van der Waals surface area contributed by atoms with Gasteiger partial charge in [-0.15, -0.1) is 0 Å². The molecule has 0 radical (unpaired) electrons. The number of nitrogens with one attached hydrogen (secondary N) is 1. The SMILES string of the molecule is CCCCOc1ccc(CCC(=O)Nc2ccc(I)cc2C)cc1OCC. The fraction of sp³-hybridized carbons (Fsp3) is 0.409. The van der Waals surface area contributed by atoms with E-state index in [1.165, 1.54) is 0 Å². The maximum Gasteiger partial charge on any atom is 0.224 e. The highest BCUT2D eigenvalue weighted by Gasteiger charge is 2.09. The fourth-order valence-electron chi connectivity index (χ4n) is 2.66. The smallest absolute Gasteiger partial charge is 0.224 e. The van der Waals surface area contributed by atoms with Gasteiger partial charge in [0.2, 0.25) is 5.91 Å². The Hall–Kier alpha value is -1.76. The van der Waals surface area contributed by atoms with Gasteiger partial charge in [0.1, 0.15) is 0 Å². The van der Waals surface area contributed by atoms with E-state index < -0.39 is 0 Å². The summed E-state index contributed by atoms with van der Waals surface area (Å²) in [6.45, 7) is 7.37. The number of carbonyl (C=O) groups excluding carboxylic acids is 1. The monoisotopic (exact) mass is 481 g/mol. The molecule has 0 atom stereocenters. The lowest BCUT2D eigenvalue weighted by atomic mass is 10.1. The van der Waals surface area contributed by atoms with Crippen molar-refractivity contribution in [3.05, 3.63) is 51.1 Å². The molecule has 0 aliphatic rings. The Bertz CT molecular complexity index is 761. The van der Waals surface area contributed by atoms with Crippen molar-refractivity contribution in [2.45, 2.75) is 46.5 Å². The zero-order valence-electron chi connectivity index (χ0n) is 16.3. The number of aryl methyl sites for hydroxylation is 2. The molecule has 0 aliphatic carbocycles. The number of benzene rings is 2. The van der Waals surface area contributed by atoms with Crippen molar-refractivity contribution in [3.63, 3.8) is 0 Å². The molecule has 4 nitrogen and oxygen atoms in total. The van der Waals surface area contributed by atoms with E-state index in [0.29, 0.717) is 26.1 Å². The van der Waals surface area contributed by atoms with Crippen molar-refractivity contribution in [3.8, 4) is 11.5 Å². The first-order valence-corrected chi connectivity index (χ1v) is 10.6. The van der Waals surface area contributed by atoms with E-state index in [2.05, 4.69) is 40.9 Å². The lowest BCUT2D eigenvalue weighted by Gasteiger charge is -2.13. The number of unbranched alkanes of at least 4 members (excludes halogenated alkanes) is 1. The minimum Gasteiger partial charge on any atom is -0.490 e. The summed E-state index contributed by atoms with van der Waals surface area (Å²) >= 11 is 2.27. The molecule has 0 fully saturated rings. The van der Waals surface area contributed by atoms with Crippen LogP contribution in [0.25, 0.3) is 0 Å². The first-order valence-electron chi connectivity index (χ1n) is 9.48. The van der Waals surface area contributed by atoms with E-state index in [9.17, 15) is 4.79 Å². The first kappa shape index (κ1) is 21.5. The third-order valence-electron chi connectivity index (χ3n) is 4.17. The van der Waals surface area contributed by atoms with Crippen molar-refractivity contribution < 1.29 is 14.3 Å². The number of carbonyl (C=O) groups is 1. The second-order valence-electron chi connectivity index (χ2n) is 6.42. The van der Waals surface area contributed by atoms with Gasteiger partial charge in [-0.25, -0.2) is 0 Å². The standard InChI is InChI=1S/C22H28INO3/c1-4-6-13-27-20-11-7-17(15-21(20)26-5-2)8-12-22(25)24-19-10-9-18(23)14-16(19)3/h7,9-11,14-15H,4-6,8,12-13H2,1-3H3,(H,24,25). The quantitative estimate of drug-likeness (QED) is 0.347. The molecular weight excluding hydrogens is 453 g/mol. The Kier molecular flexibility index (Phi) is 8.91. The van der Waals surface area contributed by atoms with E-state index >= 15 is 0 Å². The van der Waals surface area contributed by atoms with Gasteiger partial charge in [0.25, 0.3) is 0 Å². The van der Waals surface area contributed by atoms with Gasteiger partial charge in [0.15, 0.2) is 11.5 Å². The number of hydrogen-bond acceptors (Lipinski definition) is 3. The summed E-state index contributed by atoms with van der Waals surface area (Å²) in [4.78, 5) is 12.3. The first-order chi connectivity index (χ1) is 13.0. The van der Waals surface area contributed by atoms with E-state index in [-0.39, 0.29) is 5.91 Å². The van der Waals surface area contributed by atoms with Crippen LogP contribution in [-0.4, -0.2) is 19.1 Å². The van der Waals surface area contributed by atoms with E-state index in [1.54, 1.807) is 0 Å². The van der Waals surface area contributed by atoms with Crippen LogP contribution in [0.5, 0.6) is 11.5 Å². The Morgan fingerprint density at radius 1 is 1.07 bits per heavy atom. The second kappa shape index (κ2) is 11.2. The third kappa shape index (κ3) is 7.05. The molecule has 27 heavy (non-hydrogen) atoms. The van der Waals surface area contributed by atoms with E-state index in [1.807, 2.05) is 44.2 Å². The molecule has 2 aromatic carbocycles. The summed E-state index contributed by atoms with van der Waals surface area (Å²) < 4.78 is 12.7. The number of rotatable bonds is 10. The van der Waals surface area contributed by atoms with Gasteiger partial charge in [0, 0.05) is 15.7 Å². The number of amides is 1. The summed E-state index contributed by atoms with van der Waals surface area (Å²) in [7, 11) is 0. The van der Waals surface area contributed by atoms with Crippen LogP contribution in [-0.2, 0) is 11.2 Å². The molecule has 0 spiro atoms. The summed E-state index contributed by atoms with van der Waals surface area (Å²) in [6, 6.07) is 11.9. The van der Waals surface area contributed by atoms with Crippen LogP contribution < -0.4 is 14.8 Å². The molecule has 1 N–H and O–H groups in total. The number of anilines is 1. The zero-order chi connectivity index (χ0) is 19.6. The largest absolute Gasteiger partial charge is 0.490 e. The van der Waals surface area contributed by atoms with Crippen molar-refractivity contribution in [1.29, 1.82) is 0 Å². The van der Waals surface area contributed by atoms with Gasteiger partial charge < -0.3 is 14.8 Å². The molecule has 0 bridgehead atoms. The summed E-state index contributed by atoms with van der Waals surface area (Å²) in [5, 5.41) is 2.99. The molecule has 0 aromatic heterocycles. The Morgan fingerprint density at radius 2 is 1.89 bits per heavy atom. The Labute approximate surface area is 175 Å². The predicted molar refractivity (Wildman–Crippen MR) is 119 cm³/mol. The van der Waals surface area contributed by atoms with Crippen LogP contribution in [0.4, 0.5) is 5.69 Å². The van der Waals surface area contributed by atoms with Gasteiger partial charge in [-0.05, 0) is 90.7 Å². The lowest BCUT2D eigenvalue weighted by Crippen LogP contribution is -2.13. The molecule has 0 saturated heterocycles. The van der Waals surface area contributed by atoms with Gasteiger partial charge >= 0.3 is 0 Å². The summed E-state index contributed by atoms with van der Waals surface area (Å²) in [6.07, 6.45) is 3.19. The second-order valence-corrected chi connectivity index (χ2v) is 7.67. The van der Waals surface area contributed by atoms with Gasteiger partial charge in [-0.1, -0.05) is 19.4 Å². The molecule has 0 unspecified atom stereocenters. The molecular formula is C22H28INO3. The topological polar surface area (TPSA) is 47.6 Å². The maximum absolute atomic E-state index is 12.3. The lowest BCUT2D eigenvalue weighted by molar-refractivity contribution is -0.116. The van der Waals surface area contributed by atoms with Crippen molar-refractivity contribution in [2.24, 2.45) is 0 Å². The molecule has 0 saturated carbocycles. The molecule has 5 heteroatoms. The third-order valence-corrected chi connectivity index (χ3v) is 4.84. The summed E-state index contributed by atoms with van der Waals surface area (Å²) in [5.74, 6) is 1.54. The Morgan fingerprint density at radius 3 is 2.59 bits per heavy atom. The van der Waals surface area contributed by atoms with Crippen LogP contribution in [0.1, 0.15) is 44.2 Å². The zero-order valence-corrected chi connectivity index (χ0v) is 18.5. The van der Waals surface area contributed by atoms with Crippen LogP contribution in [0.2, 0.25) is 0 Å². The summed E-state index contributed by atoms with van der Waals surface area (Å²) in [5.41, 5.74) is 3.01. The predicted octanol–water partition coefficient (Wildman–Crippen LogP) is 5.75. The van der Waals surface area contributed by atoms with Gasteiger partial charge in [-0.2, -0.15) is 0 Å². The van der Waals surface area contributed by atoms with Gasteiger partial charge in [-0.3, -0.25) is 4.79 Å². The molecule has 0 heterocycles. The molecule has 2 rings (SSSR count). The number of ether oxygens (including phenoxy) is 2. The van der Waals surface area contributed by atoms with Crippen LogP contribution in [0, 0.1) is 10.5 Å². The van der Waals surface area contributed by atoms with Crippen molar-refractivity contribution >= 4 is 34.2 Å². The minimum absolute atomic E-state index is 0.0144. The Balaban J connectivity index is 1.95.